The Labute approximate surface area is 147 Å². The minimum Gasteiger partial charge on any atom is -0.365 e. The van der Waals surface area contributed by atoms with Crippen LogP contribution in [0, 0.1) is 0 Å². The number of rotatable bonds is 2. The van der Waals surface area contributed by atoms with Crippen molar-refractivity contribution in [2.75, 3.05) is 29.9 Å². The Balaban J connectivity index is 1.37. The Kier molecular flexibility index (Phi) is 4.07. The number of likely N-dealkylation sites (tertiary alicyclic amines) is 1. The Bertz CT molecular complexity index is 741. The van der Waals surface area contributed by atoms with Crippen molar-refractivity contribution in [1.82, 2.24) is 4.90 Å². The largest absolute Gasteiger partial charge is 0.365 e. The third-order valence-electron chi connectivity index (χ3n) is 4.83. The fourth-order valence-electron chi connectivity index (χ4n) is 3.50. The summed E-state index contributed by atoms with van der Waals surface area (Å²) in [5.74, 6) is 0. The number of nitrogens with one attached hydrogen (secondary N) is 1. The summed E-state index contributed by atoms with van der Waals surface area (Å²) in [5.41, 5.74) is 3.54. The topological polar surface area (TPSA) is 35.6 Å². The molecule has 1 fully saturated rings. The third-order valence-corrected chi connectivity index (χ3v) is 5.08. The number of halogens is 1. The van der Waals surface area contributed by atoms with Crippen molar-refractivity contribution in [2.24, 2.45) is 0 Å². The van der Waals surface area contributed by atoms with Crippen LogP contribution in [0.3, 0.4) is 0 Å². The molecule has 0 unspecified atom stereocenters. The Morgan fingerprint density at radius 1 is 1.08 bits per heavy atom. The van der Waals surface area contributed by atoms with Gasteiger partial charge in [-0.1, -0.05) is 29.8 Å². The van der Waals surface area contributed by atoms with Crippen LogP contribution >= 0.6 is 11.6 Å². The second-order valence-electron chi connectivity index (χ2n) is 6.42. The van der Waals surface area contributed by atoms with E-state index in [1.165, 1.54) is 17.7 Å². The van der Waals surface area contributed by atoms with Crippen LogP contribution in [0.1, 0.15) is 12.0 Å². The van der Waals surface area contributed by atoms with Gasteiger partial charge in [-0.3, -0.25) is 0 Å². The van der Waals surface area contributed by atoms with E-state index in [0.29, 0.717) is 11.1 Å². The van der Waals surface area contributed by atoms with Crippen molar-refractivity contribution in [1.29, 1.82) is 0 Å². The summed E-state index contributed by atoms with van der Waals surface area (Å²) in [7, 11) is 0. The van der Waals surface area contributed by atoms with Crippen LogP contribution in [0.2, 0.25) is 5.02 Å². The second kappa shape index (κ2) is 6.36. The molecule has 0 aliphatic carbocycles. The molecule has 0 aromatic heterocycles. The lowest BCUT2D eigenvalue weighted by molar-refractivity contribution is 0.160. The molecule has 2 heterocycles. The summed E-state index contributed by atoms with van der Waals surface area (Å²) >= 11 is 5.87. The van der Waals surface area contributed by atoms with Crippen LogP contribution < -0.4 is 10.2 Å². The maximum Gasteiger partial charge on any atom is 0.321 e. The number of benzene rings is 2. The number of fused-ring (bicyclic) bond motifs is 1. The van der Waals surface area contributed by atoms with Gasteiger partial charge in [0.1, 0.15) is 0 Å². The van der Waals surface area contributed by atoms with E-state index in [4.69, 9.17) is 11.6 Å². The van der Waals surface area contributed by atoms with E-state index < -0.39 is 0 Å². The molecule has 0 atom stereocenters. The molecule has 0 saturated carbocycles. The number of para-hydroxylation sites is 1. The molecule has 2 aromatic rings. The SMILES string of the molecule is O=C(Nc1ccc(Cl)cc1)N1CC(N2CCCc3ccccc32)C1. The predicted octanol–water partition coefficient (Wildman–Crippen LogP) is 4.01. The summed E-state index contributed by atoms with van der Waals surface area (Å²) in [6.07, 6.45) is 2.34. The Morgan fingerprint density at radius 2 is 1.83 bits per heavy atom. The van der Waals surface area contributed by atoms with Crippen LogP contribution in [0.25, 0.3) is 0 Å². The number of urea groups is 1. The number of carbonyl (C=O) groups is 1. The average Bonchev–Trinajstić information content (AvgIpc) is 2.56. The highest BCUT2D eigenvalue weighted by molar-refractivity contribution is 6.30. The van der Waals surface area contributed by atoms with Crippen molar-refractivity contribution < 1.29 is 4.79 Å². The lowest BCUT2D eigenvalue weighted by Crippen LogP contribution is -2.62. The maximum atomic E-state index is 12.3. The number of carbonyl (C=O) groups excluding carboxylic acids is 1. The number of hydrogen-bond donors (Lipinski definition) is 1. The van der Waals surface area contributed by atoms with Crippen molar-refractivity contribution in [3.05, 3.63) is 59.1 Å². The number of anilines is 2. The third kappa shape index (κ3) is 2.94. The van der Waals surface area contributed by atoms with Crippen LogP contribution in [-0.4, -0.2) is 36.6 Å². The van der Waals surface area contributed by atoms with Gasteiger partial charge in [-0.05, 0) is 48.7 Å². The smallest absolute Gasteiger partial charge is 0.321 e. The molecular formula is C19H20ClN3O. The van der Waals surface area contributed by atoms with E-state index in [1.54, 1.807) is 12.1 Å². The van der Waals surface area contributed by atoms with Crippen molar-refractivity contribution in [2.45, 2.75) is 18.9 Å². The predicted molar refractivity (Wildman–Crippen MR) is 97.9 cm³/mol. The average molecular weight is 342 g/mol. The van der Waals surface area contributed by atoms with Crippen LogP contribution in [0.5, 0.6) is 0 Å². The molecule has 4 rings (SSSR count). The molecular weight excluding hydrogens is 322 g/mol. The monoisotopic (exact) mass is 341 g/mol. The molecule has 4 nitrogen and oxygen atoms in total. The van der Waals surface area contributed by atoms with Gasteiger partial charge in [-0.2, -0.15) is 0 Å². The first kappa shape index (κ1) is 15.3. The standard InChI is InChI=1S/C19H20ClN3O/c20-15-7-9-16(10-8-15)21-19(24)22-12-17(13-22)23-11-3-5-14-4-1-2-6-18(14)23/h1-2,4,6-10,17H,3,5,11-13H2,(H,21,24). The summed E-state index contributed by atoms with van der Waals surface area (Å²) in [6, 6.07) is 16.2. The molecule has 2 amide bonds. The fraction of sp³-hybridized carbons (Fsp3) is 0.316. The summed E-state index contributed by atoms with van der Waals surface area (Å²) in [4.78, 5) is 16.6. The fourth-order valence-corrected chi connectivity index (χ4v) is 3.62. The van der Waals surface area contributed by atoms with E-state index in [0.717, 1.165) is 31.7 Å². The molecule has 0 radical (unpaired) electrons. The Morgan fingerprint density at radius 3 is 2.62 bits per heavy atom. The molecule has 2 aromatic carbocycles. The number of amides is 2. The summed E-state index contributed by atoms with van der Waals surface area (Å²) in [6.45, 7) is 2.62. The van der Waals surface area contributed by atoms with E-state index in [2.05, 4.69) is 34.5 Å². The highest BCUT2D eigenvalue weighted by Gasteiger charge is 2.36. The van der Waals surface area contributed by atoms with Crippen molar-refractivity contribution >= 4 is 29.0 Å². The van der Waals surface area contributed by atoms with Crippen LogP contribution in [0.15, 0.2) is 48.5 Å². The molecule has 1 N–H and O–H groups in total. The van der Waals surface area contributed by atoms with E-state index >= 15 is 0 Å². The molecule has 24 heavy (non-hydrogen) atoms. The van der Waals surface area contributed by atoms with Crippen molar-refractivity contribution in [3.63, 3.8) is 0 Å². The van der Waals surface area contributed by atoms with Gasteiger partial charge in [0, 0.05) is 36.0 Å². The number of nitrogens with zero attached hydrogens (tertiary/aromatic N) is 2. The first-order valence-electron chi connectivity index (χ1n) is 8.37. The molecule has 2 aliphatic rings. The minimum absolute atomic E-state index is 0.0427. The first-order chi connectivity index (χ1) is 11.7. The normalized spacial score (nSPS) is 17.2. The molecule has 1 saturated heterocycles. The first-order valence-corrected chi connectivity index (χ1v) is 8.74. The van der Waals surface area contributed by atoms with E-state index in [-0.39, 0.29) is 6.03 Å². The second-order valence-corrected chi connectivity index (χ2v) is 6.86. The summed E-state index contributed by atoms with van der Waals surface area (Å²) in [5, 5.41) is 3.59. The van der Waals surface area contributed by atoms with Crippen molar-refractivity contribution in [3.8, 4) is 0 Å². The van der Waals surface area contributed by atoms with Gasteiger partial charge in [-0.25, -0.2) is 4.79 Å². The van der Waals surface area contributed by atoms with E-state index in [9.17, 15) is 4.79 Å². The Hall–Kier alpha value is -2.20. The maximum absolute atomic E-state index is 12.3. The highest BCUT2D eigenvalue weighted by atomic mass is 35.5. The van der Waals surface area contributed by atoms with Gasteiger partial charge in [0.15, 0.2) is 0 Å². The van der Waals surface area contributed by atoms with E-state index in [1.807, 2.05) is 17.0 Å². The number of hydrogen-bond acceptors (Lipinski definition) is 2. The molecule has 0 spiro atoms. The van der Waals surface area contributed by atoms with Gasteiger partial charge >= 0.3 is 6.03 Å². The van der Waals surface area contributed by atoms with Gasteiger partial charge in [-0.15, -0.1) is 0 Å². The zero-order chi connectivity index (χ0) is 16.5. The summed E-state index contributed by atoms with van der Waals surface area (Å²) < 4.78 is 0. The molecule has 5 heteroatoms. The highest BCUT2D eigenvalue weighted by Crippen LogP contribution is 2.31. The van der Waals surface area contributed by atoms with Crippen LogP contribution in [0.4, 0.5) is 16.2 Å². The van der Waals surface area contributed by atoms with Gasteiger partial charge in [0.2, 0.25) is 0 Å². The zero-order valence-corrected chi connectivity index (χ0v) is 14.2. The molecule has 0 bridgehead atoms. The molecule has 124 valence electrons. The van der Waals surface area contributed by atoms with Gasteiger partial charge < -0.3 is 15.1 Å². The lowest BCUT2D eigenvalue weighted by atomic mass is 9.97. The molecule has 2 aliphatic heterocycles. The quantitative estimate of drug-likeness (QED) is 0.895. The number of aryl methyl sites for hydroxylation is 1. The van der Waals surface area contributed by atoms with Crippen LogP contribution in [-0.2, 0) is 6.42 Å². The zero-order valence-electron chi connectivity index (χ0n) is 13.4. The van der Waals surface area contributed by atoms with Gasteiger partial charge in [0.05, 0.1) is 6.04 Å². The van der Waals surface area contributed by atoms with Gasteiger partial charge in [0.25, 0.3) is 0 Å². The minimum atomic E-state index is -0.0427. The lowest BCUT2D eigenvalue weighted by Gasteiger charge is -2.48.